The van der Waals surface area contributed by atoms with Crippen LogP contribution >= 0.6 is 0 Å². The maximum absolute atomic E-state index is 12.4. The number of allylic oxidation sites excluding steroid dienone is 7. The fourth-order valence-electron chi connectivity index (χ4n) is 6.95. The zero-order valence-corrected chi connectivity index (χ0v) is 35.8. The fourth-order valence-corrected chi connectivity index (χ4v) is 6.95. The van der Waals surface area contributed by atoms with Crippen molar-refractivity contribution in [3.8, 4) is 0 Å². The third-order valence-corrected chi connectivity index (χ3v) is 10.6. The SMILES string of the molecule is CCCCCC/C=C/CC/C=C/CC/C=C/C(O)C(CO)NC(=O)CC(O)CCCCCCCCCCC/C=C\CCCCCCCCCCCCCC. The van der Waals surface area contributed by atoms with Crippen LogP contribution in [0.15, 0.2) is 48.6 Å². The number of amides is 1. The minimum absolute atomic E-state index is 0.000361. The lowest BCUT2D eigenvalue weighted by Gasteiger charge is -2.21. The summed E-state index contributed by atoms with van der Waals surface area (Å²) in [5, 5.41) is 33.2. The summed E-state index contributed by atoms with van der Waals surface area (Å²) >= 11 is 0. The molecule has 4 N–H and O–H groups in total. The van der Waals surface area contributed by atoms with E-state index in [-0.39, 0.29) is 18.9 Å². The molecule has 0 bridgehead atoms. The molecule has 1 amide bonds. The summed E-state index contributed by atoms with van der Waals surface area (Å²) in [6.07, 6.45) is 57.0. The molecule has 0 spiro atoms. The molecule has 0 aromatic carbocycles. The Balaban J connectivity index is 3.65. The van der Waals surface area contributed by atoms with Crippen LogP contribution in [-0.2, 0) is 4.79 Å². The van der Waals surface area contributed by atoms with Crippen molar-refractivity contribution in [3.63, 3.8) is 0 Å². The molecule has 0 fully saturated rings. The second-order valence-corrected chi connectivity index (χ2v) is 16.0. The summed E-state index contributed by atoms with van der Waals surface area (Å²) in [7, 11) is 0. The zero-order valence-electron chi connectivity index (χ0n) is 35.8. The predicted octanol–water partition coefficient (Wildman–Crippen LogP) is 13.7. The minimum atomic E-state index is -0.960. The second-order valence-electron chi connectivity index (χ2n) is 16.0. The summed E-state index contributed by atoms with van der Waals surface area (Å²) in [6.45, 7) is 4.18. The van der Waals surface area contributed by atoms with Crippen LogP contribution < -0.4 is 5.32 Å². The maximum Gasteiger partial charge on any atom is 0.222 e. The first-order valence-electron chi connectivity index (χ1n) is 23.4. The van der Waals surface area contributed by atoms with Crippen LogP contribution in [0.5, 0.6) is 0 Å². The fraction of sp³-hybridized carbons (Fsp3) is 0.816. The third-order valence-electron chi connectivity index (χ3n) is 10.6. The van der Waals surface area contributed by atoms with Gasteiger partial charge in [-0.2, -0.15) is 0 Å². The summed E-state index contributed by atoms with van der Waals surface area (Å²) in [6, 6.07) is -0.768. The highest BCUT2D eigenvalue weighted by Crippen LogP contribution is 2.15. The van der Waals surface area contributed by atoms with Crippen LogP contribution in [0, 0.1) is 0 Å². The van der Waals surface area contributed by atoms with Gasteiger partial charge in [0.1, 0.15) is 0 Å². The van der Waals surface area contributed by atoms with E-state index in [0.717, 1.165) is 38.5 Å². The molecule has 0 saturated heterocycles. The standard InChI is InChI=1S/C49H91NO4/c1-3-5-7-9-11-13-15-17-19-20-21-22-23-24-25-26-27-28-29-30-32-34-36-38-40-42-46(52)44-49(54)50-47(45-51)48(53)43-41-39-37-35-33-31-18-16-14-12-10-8-6-4-2/h14,16,24-25,33,35,41,43,46-48,51-53H,3-13,15,17-23,26-32,34,36-40,42,44-45H2,1-2H3,(H,50,54)/b16-14+,25-24-,35-33+,43-41+. The van der Waals surface area contributed by atoms with Gasteiger partial charge in [-0.15, -0.1) is 0 Å². The van der Waals surface area contributed by atoms with Gasteiger partial charge in [-0.3, -0.25) is 4.79 Å². The van der Waals surface area contributed by atoms with Crippen molar-refractivity contribution in [2.24, 2.45) is 0 Å². The van der Waals surface area contributed by atoms with Gasteiger partial charge in [0, 0.05) is 0 Å². The highest BCUT2D eigenvalue weighted by Gasteiger charge is 2.20. The monoisotopic (exact) mass is 758 g/mol. The Labute approximate surface area is 336 Å². The number of hydrogen-bond acceptors (Lipinski definition) is 4. The number of aliphatic hydroxyl groups is 3. The van der Waals surface area contributed by atoms with Crippen LogP contribution in [0.4, 0.5) is 0 Å². The number of nitrogens with one attached hydrogen (secondary N) is 1. The summed E-state index contributed by atoms with van der Waals surface area (Å²) < 4.78 is 0. The first-order valence-corrected chi connectivity index (χ1v) is 23.4. The van der Waals surface area contributed by atoms with Gasteiger partial charge >= 0.3 is 0 Å². The molecule has 0 heterocycles. The first kappa shape index (κ1) is 52.3. The van der Waals surface area contributed by atoms with Gasteiger partial charge in [0.25, 0.3) is 0 Å². The molecule has 3 unspecified atom stereocenters. The molecule has 0 saturated carbocycles. The molecule has 0 aliphatic heterocycles. The van der Waals surface area contributed by atoms with Crippen molar-refractivity contribution in [2.45, 2.75) is 250 Å². The Morgan fingerprint density at radius 3 is 1.20 bits per heavy atom. The van der Waals surface area contributed by atoms with Gasteiger partial charge in [0.15, 0.2) is 0 Å². The number of hydrogen-bond donors (Lipinski definition) is 4. The van der Waals surface area contributed by atoms with Crippen molar-refractivity contribution in [2.75, 3.05) is 6.61 Å². The molecule has 0 radical (unpaired) electrons. The summed E-state index contributed by atoms with van der Waals surface area (Å²) in [5.74, 6) is -0.331. The Bertz CT molecular complexity index is 881. The second kappa shape index (κ2) is 44.0. The summed E-state index contributed by atoms with van der Waals surface area (Å²) in [4.78, 5) is 12.4. The van der Waals surface area contributed by atoms with Gasteiger partial charge in [-0.25, -0.2) is 0 Å². The lowest BCUT2D eigenvalue weighted by atomic mass is 10.0. The van der Waals surface area contributed by atoms with E-state index < -0.39 is 18.2 Å². The van der Waals surface area contributed by atoms with Crippen molar-refractivity contribution in [1.29, 1.82) is 0 Å². The van der Waals surface area contributed by atoms with E-state index >= 15 is 0 Å². The number of unbranched alkanes of at least 4 members (excludes halogenated alkanes) is 27. The van der Waals surface area contributed by atoms with Crippen molar-refractivity contribution in [1.82, 2.24) is 5.32 Å². The van der Waals surface area contributed by atoms with Crippen molar-refractivity contribution < 1.29 is 20.1 Å². The Morgan fingerprint density at radius 1 is 0.463 bits per heavy atom. The average Bonchev–Trinajstić information content (AvgIpc) is 3.16. The largest absolute Gasteiger partial charge is 0.394 e. The molecule has 0 aliphatic carbocycles. The molecular weight excluding hydrogens is 667 g/mol. The van der Waals surface area contributed by atoms with Gasteiger partial charge in [0.05, 0.1) is 31.3 Å². The highest BCUT2D eigenvalue weighted by atomic mass is 16.3. The van der Waals surface area contributed by atoms with E-state index in [1.807, 2.05) is 6.08 Å². The Hall–Kier alpha value is -1.69. The Kier molecular flexibility index (Phi) is 42.7. The number of rotatable bonds is 42. The van der Waals surface area contributed by atoms with Gasteiger partial charge < -0.3 is 20.6 Å². The average molecular weight is 758 g/mol. The number of carbonyl (C=O) groups excluding carboxylic acids is 1. The molecule has 0 aromatic heterocycles. The van der Waals surface area contributed by atoms with Crippen molar-refractivity contribution >= 4 is 5.91 Å². The molecule has 54 heavy (non-hydrogen) atoms. The van der Waals surface area contributed by atoms with E-state index in [2.05, 4.69) is 55.6 Å². The zero-order chi connectivity index (χ0) is 39.4. The van der Waals surface area contributed by atoms with E-state index in [9.17, 15) is 20.1 Å². The van der Waals surface area contributed by atoms with Crippen LogP contribution in [0.1, 0.15) is 232 Å². The third kappa shape index (κ3) is 40.0. The first-order chi connectivity index (χ1) is 26.5. The normalized spacial score (nSPS) is 13.9. The lowest BCUT2D eigenvalue weighted by molar-refractivity contribution is -0.124. The lowest BCUT2D eigenvalue weighted by Crippen LogP contribution is -2.45. The van der Waals surface area contributed by atoms with Crippen LogP contribution in [0.2, 0.25) is 0 Å². The van der Waals surface area contributed by atoms with Gasteiger partial charge in [-0.1, -0.05) is 204 Å². The van der Waals surface area contributed by atoms with Crippen LogP contribution in [-0.4, -0.2) is 46.1 Å². The molecular formula is C49H91NO4. The highest BCUT2D eigenvalue weighted by molar-refractivity contribution is 5.76. The number of carbonyl (C=O) groups is 1. The van der Waals surface area contributed by atoms with Crippen LogP contribution in [0.3, 0.4) is 0 Å². The van der Waals surface area contributed by atoms with E-state index in [1.165, 1.54) is 167 Å². The van der Waals surface area contributed by atoms with Crippen LogP contribution in [0.25, 0.3) is 0 Å². The molecule has 5 heteroatoms. The Morgan fingerprint density at radius 2 is 0.796 bits per heavy atom. The number of aliphatic hydroxyl groups excluding tert-OH is 3. The molecule has 0 rings (SSSR count). The van der Waals surface area contributed by atoms with Gasteiger partial charge in [0.2, 0.25) is 5.91 Å². The molecule has 3 atom stereocenters. The maximum atomic E-state index is 12.4. The molecule has 0 aliphatic rings. The quantitative estimate of drug-likeness (QED) is 0.0369. The topological polar surface area (TPSA) is 89.8 Å². The summed E-state index contributed by atoms with van der Waals surface area (Å²) in [5.41, 5.74) is 0. The van der Waals surface area contributed by atoms with Gasteiger partial charge in [-0.05, 0) is 70.6 Å². The predicted molar refractivity (Wildman–Crippen MR) is 236 cm³/mol. The van der Waals surface area contributed by atoms with E-state index in [1.54, 1.807) is 6.08 Å². The molecule has 316 valence electrons. The molecule has 5 nitrogen and oxygen atoms in total. The smallest absolute Gasteiger partial charge is 0.222 e. The van der Waals surface area contributed by atoms with E-state index in [4.69, 9.17) is 0 Å². The minimum Gasteiger partial charge on any atom is -0.394 e. The molecule has 0 aromatic rings. The van der Waals surface area contributed by atoms with Crippen molar-refractivity contribution in [3.05, 3.63) is 48.6 Å². The van der Waals surface area contributed by atoms with E-state index in [0.29, 0.717) is 6.42 Å².